The smallest absolute Gasteiger partial charge is 0.396 e. The van der Waals surface area contributed by atoms with Gasteiger partial charge < -0.3 is 4.74 Å². The summed E-state index contributed by atoms with van der Waals surface area (Å²) in [6.45, 7) is 0. The Labute approximate surface area is 158 Å². The lowest BCUT2D eigenvalue weighted by atomic mass is 10.1. The second kappa shape index (κ2) is 7.30. The van der Waals surface area contributed by atoms with Crippen molar-refractivity contribution in [2.75, 3.05) is 0 Å². The molecule has 28 heavy (non-hydrogen) atoms. The van der Waals surface area contributed by atoms with Gasteiger partial charge in [-0.05, 0) is 42.5 Å². The molecule has 5 nitrogen and oxygen atoms in total. The van der Waals surface area contributed by atoms with Crippen LogP contribution in [0.5, 0.6) is 11.5 Å². The van der Waals surface area contributed by atoms with E-state index in [1.165, 1.54) is 4.68 Å². The van der Waals surface area contributed by atoms with Gasteiger partial charge in [-0.25, -0.2) is 4.68 Å². The number of nitrogens with zero attached hydrogens (tertiary/aromatic N) is 4. The summed E-state index contributed by atoms with van der Waals surface area (Å²) in [6, 6.07) is 16.5. The molecule has 1 aromatic heterocycles. The van der Waals surface area contributed by atoms with Gasteiger partial charge in [-0.3, -0.25) is 0 Å². The van der Waals surface area contributed by atoms with E-state index >= 15 is 0 Å². The fourth-order valence-electron chi connectivity index (χ4n) is 2.77. The summed E-state index contributed by atoms with van der Waals surface area (Å²) in [5, 5.41) is 11.8. The predicted molar refractivity (Wildman–Crippen MR) is 97.5 cm³/mol. The van der Waals surface area contributed by atoms with Crippen molar-refractivity contribution >= 4 is 5.71 Å². The average molecular weight is 384 g/mol. The van der Waals surface area contributed by atoms with Gasteiger partial charge in [0.25, 0.3) is 0 Å². The van der Waals surface area contributed by atoms with E-state index in [0.29, 0.717) is 29.5 Å². The Bertz CT molecular complexity index is 1020. The third-order valence-corrected chi connectivity index (χ3v) is 4.04. The van der Waals surface area contributed by atoms with E-state index in [4.69, 9.17) is 4.74 Å². The van der Waals surface area contributed by atoms with Crippen LogP contribution in [-0.2, 0) is 12.8 Å². The quantitative estimate of drug-likeness (QED) is 0.664. The first-order valence-corrected chi connectivity index (χ1v) is 8.57. The highest BCUT2D eigenvalue weighted by atomic mass is 19.4. The standard InChI is InChI=1S/C20H15F3N4O/c21-20(22,23)13-19-25-24-18-8-4-7-17(26-27(18)19)14-9-11-16(12-10-14)28-15-5-2-1-3-6-15/h1-7,9-12H,8,13H2. The summed E-state index contributed by atoms with van der Waals surface area (Å²) in [7, 11) is 0. The molecule has 0 saturated heterocycles. The first-order chi connectivity index (χ1) is 13.5. The molecule has 1 aliphatic heterocycles. The molecule has 0 unspecified atom stereocenters. The minimum atomic E-state index is -4.38. The lowest BCUT2D eigenvalue weighted by molar-refractivity contribution is -0.129. The largest absolute Gasteiger partial charge is 0.457 e. The van der Waals surface area contributed by atoms with E-state index in [9.17, 15) is 13.2 Å². The first-order valence-electron chi connectivity index (χ1n) is 8.57. The van der Waals surface area contributed by atoms with Crippen molar-refractivity contribution < 1.29 is 17.9 Å². The van der Waals surface area contributed by atoms with Crippen LogP contribution in [0.4, 0.5) is 13.2 Å². The van der Waals surface area contributed by atoms with E-state index in [-0.39, 0.29) is 5.82 Å². The van der Waals surface area contributed by atoms with Crippen molar-refractivity contribution in [3.8, 4) is 11.5 Å². The molecule has 142 valence electrons. The molecule has 4 rings (SSSR count). The van der Waals surface area contributed by atoms with E-state index in [2.05, 4.69) is 15.3 Å². The molecule has 0 aliphatic carbocycles. The van der Waals surface area contributed by atoms with Crippen LogP contribution in [0.1, 0.15) is 17.2 Å². The third kappa shape index (κ3) is 4.11. The SMILES string of the molecule is FC(F)(F)Cc1nnc2n1N=C(c1ccc(Oc3ccccc3)cc1)C=CC2. The van der Waals surface area contributed by atoms with Gasteiger partial charge in [0.2, 0.25) is 0 Å². The molecule has 0 radical (unpaired) electrons. The van der Waals surface area contributed by atoms with Crippen LogP contribution in [0.25, 0.3) is 0 Å². The molecule has 0 bridgehead atoms. The van der Waals surface area contributed by atoms with Gasteiger partial charge in [0, 0.05) is 12.0 Å². The second-order valence-corrected chi connectivity index (χ2v) is 6.17. The average Bonchev–Trinajstić information content (AvgIpc) is 2.89. The van der Waals surface area contributed by atoms with E-state index in [1.54, 1.807) is 36.4 Å². The number of ether oxygens (including phenoxy) is 1. The van der Waals surface area contributed by atoms with Crippen molar-refractivity contribution in [2.24, 2.45) is 5.10 Å². The van der Waals surface area contributed by atoms with Crippen LogP contribution in [0, 0.1) is 0 Å². The Morgan fingerprint density at radius 3 is 2.36 bits per heavy atom. The number of benzene rings is 2. The van der Waals surface area contributed by atoms with Crippen molar-refractivity contribution in [3.05, 3.63) is 84.0 Å². The molecule has 2 aromatic carbocycles. The zero-order chi connectivity index (χ0) is 19.6. The summed E-state index contributed by atoms with van der Waals surface area (Å²) in [4.78, 5) is 0. The maximum absolute atomic E-state index is 12.8. The summed E-state index contributed by atoms with van der Waals surface area (Å²) < 4.78 is 45.3. The highest BCUT2D eigenvalue weighted by Gasteiger charge is 2.31. The fraction of sp³-hybridized carbons (Fsp3) is 0.150. The summed E-state index contributed by atoms with van der Waals surface area (Å²) in [6.07, 6.45) is -1.64. The number of allylic oxidation sites excluding steroid dienone is 2. The van der Waals surface area contributed by atoms with Crippen LogP contribution in [0.2, 0.25) is 0 Å². The number of halogens is 3. The lowest BCUT2D eigenvalue weighted by Gasteiger charge is -2.08. The summed E-state index contributed by atoms with van der Waals surface area (Å²) in [5.41, 5.74) is 1.27. The minimum Gasteiger partial charge on any atom is -0.457 e. The Hall–Kier alpha value is -3.42. The third-order valence-electron chi connectivity index (χ3n) is 4.04. The second-order valence-electron chi connectivity index (χ2n) is 6.17. The molecule has 8 heteroatoms. The van der Waals surface area contributed by atoms with Crippen molar-refractivity contribution in [2.45, 2.75) is 19.0 Å². The molecule has 3 aromatic rings. The number of hydrogen-bond donors (Lipinski definition) is 0. The molecule has 1 aliphatic rings. The molecule has 0 fully saturated rings. The van der Waals surface area contributed by atoms with Gasteiger partial charge >= 0.3 is 6.18 Å². The molecule has 0 N–H and O–H groups in total. The highest BCUT2D eigenvalue weighted by molar-refractivity contribution is 6.08. The number of hydrogen-bond acceptors (Lipinski definition) is 4. The van der Waals surface area contributed by atoms with Gasteiger partial charge in [-0.15, -0.1) is 10.2 Å². The van der Waals surface area contributed by atoms with Crippen molar-refractivity contribution in [3.63, 3.8) is 0 Å². The maximum atomic E-state index is 12.8. The lowest BCUT2D eigenvalue weighted by Crippen LogP contribution is -2.16. The normalized spacial score (nSPS) is 13.6. The highest BCUT2D eigenvalue weighted by Crippen LogP contribution is 2.24. The van der Waals surface area contributed by atoms with Crippen molar-refractivity contribution in [1.82, 2.24) is 14.9 Å². The van der Waals surface area contributed by atoms with E-state index < -0.39 is 12.6 Å². The van der Waals surface area contributed by atoms with Crippen LogP contribution in [0.15, 0.2) is 71.9 Å². The number of rotatable bonds is 4. The summed E-state index contributed by atoms with van der Waals surface area (Å²) in [5.74, 6) is 1.51. The predicted octanol–water partition coefficient (Wildman–Crippen LogP) is 4.54. The first kappa shape index (κ1) is 18.0. The minimum absolute atomic E-state index is 0.229. The molecular formula is C20H15F3N4O. The van der Waals surface area contributed by atoms with Gasteiger partial charge in [0.15, 0.2) is 11.6 Å². The molecule has 0 spiro atoms. The Morgan fingerprint density at radius 2 is 1.64 bits per heavy atom. The molecular weight excluding hydrogens is 369 g/mol. The Kier molecular flexibility index (Phi) is 4.68. The van der Waals surface area contributed by atoms with Gasteiger partial charge in [-0.2, -0.15) is 18.3 Å². The fourth-order valence-corrected chi connectivity index (χ4v) is 2.77. The van der Waals surface area contributed by atoms with Gasteiger partial charge in [0.05, 0.1) is 5.71 Å². The summed E-state index contributed by atoms with van der Waals surface area (Å²) >= 11 is 0. The zero-order valence-corrected chi connectivity index (χ0v) is 14.6. The number of fused-ring (bicyclic) bond motifs is 1. The number of alkyl halides is 3. The Balaban J connectivity index is 1.60. The maximum Gasteiger partial charge on any atom is 0.396 e. The molecule has 0 atom stereocenters. The molecule has 0 amide bonds. The topological polar surface area (TPSA) is 52.3 Å². The Morgan fingerprint density at radius 1 is 0.929 bits per heavy atom. The molecule has 2 heterocycles. The van der Waals surface area contributed by atoms with Crippen LogP contribution < -0.4 is 4.74 Å². The van der Waals surface area contributed by atoms with Gasteiger partial charge in [0.1, 0.15) is 17.9 Å². The van der Waals surface area contributed by atoms with E-state index in [0.717, 1.165) is 5.56 Å². The number of aromatic nitrogens is 3. The van der Waals surface area contributed by atoms with Crippen LogP contribution in [0.3, 0.4) is 0 Å². The zero-order valence-electron chi connectivity index (χ0n) is 14.6. The molecule has 0 saturated carbocycles. The van der Waals surface area contributed by atoms with Gasteiger partial charge in [-0.1, -0.05) is 24.3 Å². The number of para-hydroxylation sites is 1. The van der Waals surface area contributed by atoms with Crippen molar-refractivity contribution in [1.29, 1.82) is 0 Å². The monoisotopic (exact) mass is 384 g/mol. The van der Waals surface area contributed by atoms with E-state index in [1.807, 2.05) is 30.3 Å². The van der Waals surface area contributed by atoms with Crippen LogP contribution in [-0.4, -0.2) is 26.8 Å². The van der Waals surface area contributed by atoms with Crippen LogP contribution >= 0.6 is 0 Å².